The highest BCUT2D eigenvalue weighted by atomic mass is 79.9. The number of benzene rings is 2. The van der Waals surface area contributed by atoms with Crippen molar-refractivity contribution in [1.82, 2.24) is 0 Å². The van der Waals surface area contributed by atoms with Crippen molar-refractivity contribution < 1.29 is 8.78 Å². The first-order valence-electron chi connectivity index (χ1n) is 5.33. The highest BCUT2D eigenvalue weighted by molar-refractivity contribution is 9.10. The molecule has 2 aromatic carbocycles. The van der Waals surface area contributed by atoms with Crippen LogP contribution in [0.3, 0.4) is 0 Å². The summed E-state index contributed by atoms with van der Waals surface area (Å²) in [7, 11) is 0. The molecule has 2 rings (SSSR count). The highest BCUT2D eigenvalue weighted by Gasteiger charge is 2.14. The first kappa shape index (κ1) is 13.5. The van der Waals surface area contributed by atoms with Crippen molar-refractivity contribution in [2.45, 2.75) is 12.3 Å². The normalized spacial score (nSPS) is 12.5. The van der Waals surface area contributed by atoms with Gasteiger partial charge in [-0.2, -0.15) is 0 Å². The Morgan fingerprint density at radius 1 is 1.00 bits per heavy atom. The summed E-state index contributed by atoms with van der Waals surface area (Å²) in [5, 5.41) is -0.503. The second-order valence-electron chi connectivity index (χ2n) is 4.10. The van der Waals surface area contributed by atoms with Crippen molar-refractivity contribution in [1.29, 1.82) is 0 Å². The van der Waals surface area contributed by atoms with Gasteiger partial charge in [0.25, 0.3) is 0 Å². The minimum Gasteiger partial charge on any atom is -0.204 e. The molecule has 0 nitrogen and oxygen atoms in total. The number of rotatable bonds is 2. The summed E-state index contributed by atoms with van der Waals surface area (Å²) in [6, 6.07) is 9.45. The van der Waals surface area contributed by atoms with Crippen LogP contribution in [0.4, 0.5) is 8.78 Å². The summed E-state index contributed by atoms with van der Waals surface area (Å²) < 4.78 is 26.9. The molecular formula is C14H10BrClF2. The maximum absolute atomic E-state index is 13.2. The van der Waals surface area contributed by atoms with E-state index in [1.807, 2.05) is 25.1 Å². The van der Waals surface area contributed by atoms with E-state index in [9.17, 15) is 8.78 Å². The van der Waals surface area contributed by atoms with Gasteiger partial charge >= 0.3 is 0 Å². The molecule has 0 aromatic heterocycles. The van der Waals surface area contributed by atoms with Gasteiger partial charge in [-0.15, -0.1) is 11.6 Å². The van der Waals surface area contributed by atoms with E-state index in [4.69, 9.17) is 11.6 Å². The van der Waals surface area contributed by atoms with E-state index in [0.717, 1.165) is 27.7 Å². The molecule has 2 aromatic rings. The monoisotopic (exact) mass is 330 g/mol. The Morgan fingerprint density at radius 2 is 1.72 bits per heavy atom. The van der Waals surface area contributed by atoms with Gasteiger partial charge in [0.1, 0.15) is 0 Å². The lowest BCUT2D eigenvalue weighted by Gasteiger charge is -2.12. The van der Waals surface area contributed by atoms with Crippen LogP contribution in [0.25, 0.3) is 0 Å². The number of alkyl halides is 1. The Kier molecular flexibility index (Phi) is 4.03. The molecule has 0 N–H and O–H groups in total. The molecular weight excluding hydrogens is 322 g/mol. The van der Waals surface area contributed by atoms with Crippen LogP contribution in [-0.2, 0) is 0 Å². The quantitative estimate of drug-likeness (QED) is 0.650. The van der Waals surface area contributed by atoms with E-state index in [2.05, 4.69) is 15.9 Å². The predicted octanol–water partition coefficient (Wildman–Crippen LogP) is 5.36. The summed E-state index contributed by atoms with van der Waals surface area (Å²) in [6.07, 6.45) is 0. The third kappa shape index (κ3) is 2.90. The summed E-state index contributed by atoms with van der Waals surface area (Å²) >= 11 is 9.68. The second kappa shape index (κ2) is 5.37. The van der Waals surface area contributed by atoms with E-state index in [1.165, 1.54) is 6.07 Å². The van der Waals surface area contributed by atoms with Crippen molar-refractivity contribution in [3.8, 4) is 0 Å². The van der Waals surface area contributed by atoms with Gasteiger partial charge in [0, 0.05) is 4.47 Å². The van der Waals surface area contributed by atoms with E-state index in [1.54, 1.807) is 0 Å². The maximum atomic E-state index is 13.2. The van der Waals surface area contributed by atoms with E-state index < -0.39 is 17.0 Å². The van der Waals surface area contributed by atoms with Crippen LogP contribution in [0.1, 0.15) is 22.1 Å². The van der Waals surface area contributed by atoms with Crippen molar-refractivity contribution in [2.75, 3.05) is 0 Å². The third-order valence-corrected chi connectivity index (χ3v) is 3.56. The SMILES string of the molecule is Cc1cc(Br)cc(C(Cl)c2ccc(F)c(F)c2)c1. The fraction of sp³-hybridized carbons (Fsp3) is 0.143. The number of hydrogen-bond acceptors (Lipinski definition) is 0. The van der Waals surface area contributed by atoms with Gasteiger partial charge in [-0.1, -0.05) is 28.1 Å². The van der Waals surface area contributed by atoms with Crippen LogP contribution in [-0.4, -0.2) is 0 Å². The number of aryl methyl sites for hydroxylation is 1. The van der Waals surface area contributed by atoms with Crippen LogP contribution < -0.4 is 0 Å². The van der Waals surface area contributed by atoms with E-state index >= 15 is 0 Å². The largest absolute Gasteiger partial charge is 0.204 e. The number of hydrogen-bond donors (Lipinski definition) is 0. The first-order valence-corrected chi connectivity index (χ1v) is 6.56. The highest BCUT2D eigenvalue weighted by Crippen LogP contribution is 2.31. The molecule has 0 spiro atoms. The van der Waals surface area contributed by atoms with Crippen LogP contribution in [0.5, 0.6) is 0 Å². The van der Waals surface area contributed by atoms with Crippen molar-refractivity contribution >= 4 is 27.5 Å². The zero-order valence-corrected chi connectivity index (χ0v) is 11.9. The van der Waals surface area contributed by atoms with Gasteiger partial charge in [-0.05, 0) is 47.9 Å². The molecule has 0 bridgehead atoms. The lowest BCUT2D eigenvalue weighted by atomic mass is 10.0. The zero-order chi connectivity index (χ0) is 13.3. The Morgan fingerprint density at radius 3 is 2.33 bits per heavy atom. The zero-order valence-electron chi connectivity index (χ0n) is 9.55. The molecule has 0 saturated carbocycles. The minimum absolute atomic E-state index is 0.503. The van der Waals surface area contributed by atoms with Crippen LogP contribution in [0, 0.1) is 18.6 Å². The Balaban J connectivity index is 2.40. The molecule has 1 unspecified atom stereocenters. The summed E-state index contributed by atoms with van der Waals surface area (Å²) in [5.41, 5.74) is 2.43. The molecule has 1 atom stereocenters. The third-order valence-electron chi connectivity index (χ3n) is 2.59. The summed E-state index contributed by atoms with van der Waals surface area (Å²) in [5.74, 6) is -1.75. The molecule has 0 heterocycles. The molecule has 4 heteroatoms. The number of halogens is 4. The molecule has 0 aliphatic carbocycles. The molecule has 0 aliphatic rings. The van der Waals surface area contributed by atoms with Crippen LogP contribution in [0.2, 0.25) is 0 Å². The standard InChI is InChI=1S/C14H10BrClF2/c1-8-4-10(6-11(15)5-8)14(16)9-2-3-12(17)13(18)7-9/h2-7,14H,1H3. The average Bonchev–Trinajstić information content (AvgIpc) is 2.30. The van der Waals surface area contributed by atoms with Crippen molar-refractivity contribution in [3.63, 3.8) is 0 Å². The van der Waals surface area contributed by atoms with Gasteiger partial charge in [0.2, 0.25) is 0 Å². The van der Waals surface area contributed by atoms with Gasteiger partial charge in [0.15, 0.2) is 11.6 Å². The molecule has 0 aliphatic heterocycles. The van der Waals surface area contributed by atoms with Crippen molar-refractivity contribution in [2.24, 2.45) is 0 Å². The average molecular weight is 332 g/mol. The minimum atomic E-state index is -0.884. The molecule has 18 heavy (non-hydrogen) atoms. The van der Waals surface area contributed by atoms with E-state index in [-0.39, 0.29) is 0 Å². The smallest absolute Gasteiger partial charge is 0.159 e. The molecule has 0 radical (unpaired) electrons. The van der Waals surface area contributed by atoms with Gasteiger partial charge in [-0.25, -0.2) is 8.78 Å². The Bertz CT molecular complexity index is 564. The lowest BCUT2D eigenvalue weighted by Crippen LogP contribution is -1.96. The fourth-order valence-corrected chi connectivity index (χ4v) is 2.66. The molecule has 0 amide bonds. The summed E-state index contributed by atoms with van der Waals surface area (Å²) in [4.78, 5) is 0. The van der Waals surface area contributed by atoms with Crippen LogP contribution >= 0.6 is 27.5 Å². The lowest BCUT2D eigenvalue weighted by molar-refractivity contribution is 0.507. The van der Waals surface area contributed by atoms with E-state index in [0.29, 0.717) is 5.56 Å². The predicted molar refractivity (Wildman–Crippen MR) is 72.9 cm³/mol. The van der Waals surface area contributed by atoms with Gasteiger partial charge < -0.3 is 0 Å². The fourth-order valence-electron chi connectivity index (χ4n) is 1.77. The Labute approximate surface area is 118 Å². The van der Waals surface area contributed by atoms with Crippen LogP contribution in [0.15, 0.2) is 40.9 Å². The van der Waals surface area contributed by atoms with Gasteiger partial charge in [-0.3, -0.25) is 0 Å². The molecule has 94 valence electrons. The molecule has 0 fully saturated rings. The van der Waals surface area contributed by atoms with Crippen molar-refractivity contribution in [3.05, 3.63) is 69.2 Å². The first-order chi connectivity index (χ1) is 8.47. The second-order valence-corrected chi connectivity index (χ2v) is 5.45. The summed E-state index contributed by atoms with van der Waals surface area (Å²) in [6.45, 7) is 1.95. The maximum Gasteiger partial charge on any atom is 0.159 e. The van der Waals surface area contributed by atoms with Gasteiger partial charge in [0.05, 0.1) is 5.38 Å². The Hall–Kier alpha value is -0.930. The topological polar surface area (TPSA) is 0 Å². The molecule has 0 saturated heterocycles.